The fraction of sp³-hybridized carbons (Fsp3) is 0.185. The summed E-state index contributed by atoms with van der Waals surface area (Å²) in [4.78, 5) is 56.5. The molecule has 34 heavy (non-hydrogen) atoms. The number of hydrogen-bond donors (Lipinski definition) is 0. The van der Waals surface area contributed by atoms with Crippen LogP contribution in [0.3, 0.4) is 0 Å². The molecule has 0 radical (unpaired) electrons. The first-order valence-electron chi connectivity index (χ1n) is 10.9. The number of amides is 2. The van der Waals surface area contributed by atoms with E-state index in [-0.39, 0.29) is 11.1 Å². The number of anilines is 1. The average molecular weight is 563 g/mol. The molecule has 3 aromatic rings. The third-order valence-corrected chi connectivity index (χ3v) is 8.02. The molecule has 0 aromatic heterocycles. The van der Waals surface area contributed by atoms with Crippen molar-refractivity contribution in [1.82, 2.24) is 0 Å². The monoisotopic (exact) mass is 563 g/mol. The van der Waals surface area contributed by atoms with E-state index >= 15 is 0 Å². The lowest BCUT2D eigenvalue weighted by Crippen LogP contribution is -2.51. The Bertz CT molecular complexity index is 1390. The first kappa shape index (κ1) is 21.4. The highest BCUT2D eigenvalue weighted by Gasteiger charge is 2.74. The molecule has 3 aliphatic rings. The molecule has 3 aromatic carbocycles. The highest BCUT2D eigenvalue weighted by Crippen LogP contribution is 2.58. The predicted octanol–water partition coefficient (Wildman–Crippen LogP) is 4.29. The Balaban J connectivity index is 1.58. The van der Waals surface area contributed by atoms with Crippen molar-refractivity contribution in [3.05, 3.63) is 98.6 Å². The van der Waals surface area contributed by atoms with Gasteiger partial charge in [0.2, 0.25) is 29.0 Å². The van der Waals surface area contributed by atoms with E-state index < -0.39 is 46.9 Å². The number of aryl methyl sites for hydroxylation is 1. The zero-order valence-electron chi connectivity index (χ0n) is 18.0. The molecule has 2 saturated heterocycles. The van der Waals surface area contributed by atoms with Gasteiger partial charge in [-0.05, 0) is 52.8 Å². The average Bonchev–Trinajstić information content (AvgIpc) is 3.40. The summed E-state index contributed by atoms with van der Waals surface area (Å²) in [7, 11) is 0. The van der Waals surface area contributed by atoms with Crippen LogP contribution < -0.4 is 4.90 Å². The summed E-state index contributed by atoms with van der Waals surface area (Å²) in [5, 5.41) is 0. The Morgan fingerprint density at radius 1 is 0.794 bits per heavy atom. The molecule has 2 amide bonds. The van der Waals surface area contributed by atoms with Crippen LogP contribution in [0.1, 0.15) is 37.9 Å². The van der Waals surface area contributed by atoms with Crippen LogP contribution in [0.25, 0.3) is 0 Å². The summed E-state index contributed by atoms with van der Waals surface area (Å²) in [5.74, 6) is -4.37. The third kappa shape index (κ3) is 2.59. The molecule has 168 valence electrons. The summed E-state index contributed by atoms with van der Waals surface area (Å²) in [6.07, 6.45) is -0.906. The van der Waals surface area contributed by atoms with E-state index in [0.717, 1.165) is 14.0 Å². The summed E-state index contributed by atoms with van der Waals surface area (Å²) < 4.78 is 7.06. The lowest BCUT2D eigenvalue weighted by molar-refractivity contribution is -0.127. The normalized spacial score (nSPS) is 24.8. The number of nitrogens with zero attached hydrogens (tertiary/aromatic N) is 1. The number of Topliss-reactive ketones (excluding diaryl/α,β-unsaturated/α-hetero) is 2. The van der Waals surface area contributed by atoms with Crippen molar-refractivity contribution in [2.45, 2.75) is 18.6 Å². The molecule has 2 fully saturated rings. The van der Waals surface area contributed by atoms with Gasteiger partial charge >= 0.3 is 0 Å². The maximum absolute atomic E-state index is 13.9. The summed E-state index contributed by atoms with van der Waals surface area (Å²) >= 11 is 2.07. The Morgan fingerprint density at radius 3 is 2.03 bits per heavy atom. The van der Waals surface area contributed by atoms with Crippen LogP contribution in [0.4, 0.5) is 5.69 Å². The topological polar surface area (TPSA) is 80.8 Å². The van der Waals surface area contributed by atoms with Crippen molar-refractivity contribution in [2.24, 2.45) is 11.8 Å². The SMILES string of the molecule is Cc1ccccc1[C@H]1OC2(C(=O)c3ccccc3C2=O)[C@@H]2C(=O)N(c3ccccc3I)C(=O)[C@@H]12. The van der Waals surface area contributed by atoms with E-state index in [1.54, 1.807) is 42.5 Å². The minimum Gasteiger partial charge on any atom is -0.349 e. The van der Waals surface area contributed by atoms with Gasteiger partial charge in [0.05, 0.1) is 23.6 Å². The maximum Gasteiger partial charge on any atom is 0.241 e. The van der Waals surface area contributed by atoms with Gasteiger partial charge in [-0.2, -0.15) is 0 Å². The molecule has 6 rings (SSSR count). The Labute approximate surface area is 209 Å². The van der Waals surface area contributed by atoms with E-state index in [2.05, 4.69) is 22.6 Å². The first-order valence-corrected chi connectivity index (χ1v) is 12.0. The largest absolute Gasteiger partial charge is 0.349 e. The van der Waals surface area contributed by atoms with Gasteiger partial charge in [0.15, 0.2) is 0 Å². The Kier molecular flexibility index (Phi) is 4.66. The van der Waals surface area contributed by atoms with Crippen LogP contribution in [0.15, 0.2) is 72.8 Å². The number of carbonyl (C=O) groups excluding carboxylic acids is 4. The van der Waals surface area contributed by atoms with Crippen molar-refractivity contribution >= 4 is 51.7 Å². The van der Waals surface area contributed by atoms with Gasteiger partial charge in [-0.15, -0.1) is 0 Å². The number of carbonyl (C=O) groups is 4. The van der Waals surface area contributed by atoms with Gasteiger partial charge in [0, 0.05) is 14.7 Å². The molecular formula is C27H18INO5. The van der Waals surface area contributed by atoms with Crippen molar-refractivity contribution < 1.29 is 23.9 Å². The quantitative estimate of drug-likeness (QED) is 0.264. The van der Waals surface area contributed by atoms with Gasteiger partial charge < -0.3 is 4.74 Å². The molecule has 7 heteroatoms. The van der Waals surface area contributed by atoms with E-state index in [1.807, 2.05) is 37.3 Å². The van der Waals surface area contributed by atoms with Crippen LogP contribution >= 0.6 is 22.6 Å². The molecule has 0 saturated carbocycles. The van der Waals surface area contributed by atoms with Crippen molar-refractivity contribution in [3.8, 4) is 0 Å². The van der Waals surface area contributed by atoms with E-state index in [4.69, 9.17) is 4.74 Å². The van der Waals surface area contributed by atoms with Crippen LogP contribution in [-0.2, 0) is 14.3 Å². The number of halogens is 1. The maximum atomic E-state index is 13.9. The zero-order valence-corrected chi connectivity index (χ0v) is 20.2. The van der Waals surface area contributed by atoms with Gasteiger partial charge in [-0.1, -0.05) is 60.7 Å². The second-order valence-electron chi connectivity index (χ2n) is 8.80. The van der Waals surface area contributed by atoms with Crippen molar-refractivity contribution in [1.29, 1.82) is 0 Å². The van der Waals surface area contributed by atoms with Crippen molar-refractivity contribution in [2.75, 3.05) is 4.90 Å². The Hall–Kier alpha value is -3.17. The van der Waals surface area contributed by atoms with Gasteiger partial charge in [-0.25, -0.2) is 4.90 Å². The highest BCUT2D eigenvalue weighted by molar-refractivity contribution is 14.1. The lowest BCUT2D eigenvalue weighted by Gasteiger charge is -2.28. The minimum absolute atomic E-state index is 0.227. The molecule has 2 aliphatic heterocycles. The standard InChI is InChI=1S/C27H18INO5/c1-14-8-2-3-9-15(14)22-20-21(26(33)29(25(20)32)19-13-7-6-12-18(19)28)27(34-22)23(30)16-10-4-5-11-17(16)24(27)31/h2-13,20-22H,1H3/t20-,21+,22-/m1/s1. The fourth-order valence-electron chi connectivity index (χ4n) is 5.58. The molecule has 2 heterocycles. The summed E-state index contributed by atoms with van der Waals surface area (Å²) in [6.45, 7) is 1.88. The molecule has 0 unspecified atom stereocenters. The first-order chi connectivity index (χ1) is 16.4. The molecule has 6 nitrogen and oxygen atoms in total. The van der Waals surface area contributed by atoms with Gasteiger partial charge in [-0.3, -0.25) is 19.2 Å². The fourth-order valence-corrected chi connectivity index (χ4v) is 6.20. The van der Waals surface area contributed by atoms with Crippen LogP contribution in [0.5, 0.6) is 0 Å². The van der Waals surface area contributed by atoms with Crippen molar-refractivity contribution in [3.63, 3.8) is 0 Å². The smallest absolute Gasteiger partial charge is 0.241 e. The molecule has 1 spiro atoms. The molecule has 1 aliphatic carbocycles. The number of imide groups is 1. The molecular weight excluding hydrogens is 545 g/mol. The van der Waals surface area contributed by atoms with E-state index in [1.165, 1.54) is 0 Å². The number of benzene rings is 3. The van der Waals surface area contributed by atoms with Crippen LogP contribution in [0, 0.1) is 22.3 Å². The summed E-state index contributed by atoms with van der Waals surface area (Å²) in [5.41, 5.74) is 0.391. The molecule has 0 N–H and O–H groups in total. The number of hydrogen-bond acceptors (Lipinski definition) is 5. The number of ketones is 2. The number of ether oxygens (including phenoxy) is 1. The van der Waals surface area contributed by atoms with Crippen LogP contribution in [-0.4, -0.2) is 29.0 Å². The third-order valence-electron chi connectivity index (χ3n) is 7.11. The van der Waals surface area contributed by atoms with Crippen LogP contribution in [0.2, 0.25) is 0 Å². The Morgan fingerprint density at radius 2 is 1.38 bits per heavy atom. The lowest BCUT2D eigenvalue weighted by atomic mass is 9.77. The minimum atomic E-state index is -2.05. The van der Waals surface area contributed by atoms with E-state index in [9.17, 15) is 19.2 Å². The predicted molar refractivity (Wildman–Crippen MR) is 131 cm³/mol. The summed E-state index contributed by atoms with van der Waals surface area (Å²) in [6, 6.07) is 20.9. The second kappa shape index (κ2) is 7.41. The molecule has 0 bridgehead atoms. The number of rotatable bonds is 2. The highest BCUT2D eigenvalue weighted by atomic mass is 127. The zero-order chi connectivity index (χ0) is 23.8. The van der Waals surface area contributed by atoms with Gasteiger partial charge in [0.25, 0.3) is 0 Å². The second-order valence-corrected chi connectivity index (χ2v) is 9.96. The number of para-hydroxylation sites is 1. The van der Waals surface area contributed by atoms with E-state index in [0.29, 0.717) is 11.3 Å². The van der Waals surface area contributed by atoms with Gasteiger partial charge in [0.1, 0.15) is 0 Å². The number of fused-ring (bicyclic) bond motifs is 3. The molecule has 3 atom stereocenters.